The molecule has 1 amide bonds. The van der Waals surface area contributed by atoms with Crippen molar-refractivity contribution in [1.29, 1.82) is 0 Å². The molecule has 104 valence electrons. The molecule has 3 rings (SSSR count). The molecule has 0 bridgehead atoms. The van der Waals surface area contributed by atoms with E-state index in [2.05, 4.69) is 0 Å². The van der Waals surface area contributed by atoms with Crippen molar-refractivity contribution in [3.05, 3.63) is 23.2 Å². The van der Waals surface area contributed by atoms with Crippen molar-refractivity contribution in [1.82, 2.24) is 4.90 Å². The highest BCUT2D eigenvalue weighted by Gasteiger charge is 2.51. The van der Waals surface area contributed by atoms with Crippen molar-refractivity contribution < 1.29 is 13.9 Å². The maximum Gasteiger partial charge on any atom is 0.257 e. The molecule has 1 aromatic heterocycles. The monoisotopic (exact) mass is 281 g/mol. The number of aryl methyl sites for hydroxylation is 2. The van der Waals surface area contributed by atoms with E-state index in [0.29, 0.717) is 11.7 Å². The fourth-order valence-corrected chi connectivity index (χ4v) is 4.57. The Kier molecular flexibility index (Phi) is 3.14. The van der Waals surface area contributed by atoms with Gasteiger partial charge >= 0.3 is 0 Å². The van der Waals surface area contributed by atoms with E-state index in [1.54, 1.807) is 7.11 Å². The van der Waals surface area contributed by atoms with Crippen molar-refractivity contribution in [3.8, 4) is 0 Å². The summed E-state index contributed by atoms with van der Waals surface area (Å²) >= 11 is 1.95. The number of hydrogen-bond acceptors (Lipinski definition) is 4. The highest BCUT2D eigenvalue weighted by atomic mass is 32.2. The Bertz CT molecular complexity index is 505. The van der Waals surface area contributed by atoms with Gasteiger partial charge in [-0.25, -0.2) is 0 Å². The smallest absolute Gasteiger partial charge is 0.257 e. The molecule has 1 aromatic rings. The van der Waals surface area contributed by atoms with E-state index < -0.39 is 0 Å². The molecule has 0 N–H and O–H groups in total. The van der Waals surface area contributed by atoms with E-state index in [1.807, 2.05) is 36.6 Å². The highest BCUT2D eigenvalue weighted by Crippen LogP contribution is 2.46. The maximum absolute atomic E-state index is 12.4. The topological polar surface area (TPSA) is 42.7 Å². The summed E-state index contributed by atoms with van der Waals surface area (Å²) in [7, 11) is 1.77. The third-order valence-electron chi connectivity index (χ3n) is 4.03. The van der Waals surface area contributed by atoms with E-state index in [-0.39, 0.29) is 10.7 Å². The number of amides is 1. The van der Waals surface area contributed by atoms with Crippen LogP contribution in [0.3, 0.4) is 0 Å². The molecule has 0 saturated carbocycles. The summed E-state index contributed by atoms with van der Waals surface area (Å²) in [5.41, 5.74) is 0.707. The zero-order valence-corrected chi connectivity index (χ0v) is 12.4. The Morgan fingerprint density at radius 1 is 1.53 bits per heavy atom. The fraction of sp³-hybridized carbons (Fsp3) is 0.643. The summed E-state index contributed by atoms with van der Waals surface area (Å²) in [5.74, 6) is 2.66. The van der Waals surface area contributed by atoms with E-state index in [4.69, 9.17) is 9.15 Å². The molecule has 0 aliphatic carbocycles. The zero-order chi connectivity index (χ0) is 13.6. The molecule has 2 fully saturated rings. The third-order valence-corrected chi connectivity index (χ3v) is 5.60. The number of hydrogen-bond donors (Lipinski definition) is 0. The van der Waals surface area contributed by atoms with Gasteiger partial charge in [0.2, 0.25) is 0 Å². The molecule has 0 unspecified atom stereocenters. The Hall–Kier alpha value is -0.940. The summed E-state index contributed by atoms with van der Waals surface area (Å²) < 4.78 is 11.1. The lowest BCUT2D eigenvalue weighted by Crippen LogP contribution is -2.60. The average Bonchev–Trinajstić information content (AvgIpc) is 2.90. The van der Waals surface area contributed by atoms with Gasteiger partial charge in [0, 0.05) is 26.0 Å². The Morgan fingerprint density at radius 3 is 2.79 bits per heavy atom. The second-order valence-corrected chi connectivity index (χ2v) is 7.03. The molecule has 0 aromatic carbocycles. The first-order valence-corrected chi connectivity index (χ1v) is 7.55. The number of methoxy groups -OCH3 is 1. The van der Waals surface area contributed by atoms with Crippen LogP contribution in [0.15, 0.2) is 10.5 Å². The largest absolute Gasteiger partial charge is 0.466 e. The first kappa shape index (κ1) is 13.1. The van der Waals surface area contributed by atoms with Crippen molar-refractivity contribution in [3.63, 3.8) is 0 Å². The summed E-state index contributed by atoms with van der Waals surface area (Å²) in [6, 6.07) is 1.84. The molecular formula is C14H19NO3S. The van der Waals surface area contributed by atoms with Gasteiger partial charge in [-0.1, -0.05) is 0 Å². The van der Waals surface area contributed by atoms with Crippen molar-refractivity contribution in [2.24, 2.45) is 0 Å². The van der Waals surface area contributed by atoms with Crippen LogP contribution in [0, 0.1) is 13.8 Å². The van der Waals surface area contributed by atoms with Crippen LogP contribution in [0.4, 0.5) is 0 Å². The van der Waals surface area contributed by atoms with Crippen molar-refractivity contribution in [2.75, 3.05) is 26.0 Å². The van der Waals surface area contributed by atoms with E-state index >= 15 is 0 Å². The van der Waals surface area contributed by atoms with Gasteiger partial charge < -0.3 is 14.1 Å². The van der Waals surface area contributed by atoms with Crippen LogP contribution in [0.25, 0.3) is 0 Å². The van der Waals surface area contributed by atoms with Crippen LogP contribution in [-0.2, 0) is 4.74 Å². The molecule has 2 saturated heterocycles. The highest BCUT2D eigenvalue weighted by molar-refractivity contribution is 8.01. The maximum atomic E-state index is 12.4. The van der Waals surface area contributed by atoms with Gasteiger partial charge in [0.25, 0.3) is 5.91 Å². The van der Waals surface area contributed by atoms with Crippen LogP contribution in [-0.4, -0.2) is 47.6 Å². The van der Waals surface area contributed by atoms with Gasteiger partial charge in [-0.3, -0.25) is 4.79 Å². The first-order chi connectivity index (χ1) is 9.03. The van der Waals surface area contributed by atoms with Crippen LogP contribution >= 0.6 is 11.8 Å². The number of thioether (sulfide) groups is 1. The summed E-state index contributed by atoms with van der Waals surface area (Å²) in [6.45, 7) is 5.39. The van der Waals surface area contributed by atoms with Crippen molar-refractivity contribution in [2.45, 2.75) is 31.1 Å². The summed E-state index contributed by atoms with van der Waals surface area (Å²) in [6.07, 6.45) is 1.40. The Labute approximate surface area is 117 Å². The third kappa shape index (κ3) is 2.19. The number of likely N-dealkylation sites (tertiary alicyclic amines) is 1. The predicted octanol–water partition coefficient (Wildman–Crippen LogP) is 2.24. The SMILES string of the molecule is CO[C@H]1CSC2(C1)CN(C(=O)c1cc(C)oc1C)C2. The number of nitrogens with zero attached hydrogens (tertiary/aromatic N) is 1. The summed E-state index contributed by atoms with van der Waals surface area (Å²) in [5, 5.41) is 0. The van der Waals surface area contributed by atoms with Crippen molar-refractivity contribution >= 4 is 17.7 Å². The van der Waals surface area contributed by atoms with Gasteiger partial charge in [-0.15, -0.1) is 11.8 Å². The van der Waals surface area contributed by atoms with Gasteiger partial charge in [0.1, 0.15) is 11.5 Å². The van der Waals surface area contributed by atoms with E-state index in [0.717, 1.165) is 36.8 Å². The average molecular weight is 281 g/mol. The minimum atomic E-state index is 0.0986. The van der Waals surface area contributed by atoms with Crippen LogP contribution < -0.4 is 0 Å². The molecule has 4 nitrogen and oxygen atoms in total. The summed E-state index contributed by atoms with van der Waals surface area (Å²) in [4.78, 5) is 14.3. The number of carbonyl (C=O) groups excluding carboxylic acids is 1. The standard InChI is InChI=1S/C14H19NO3S/c1-9-4-12(10(2)18-9)13(16)15-7-14(8-15)5-11(17-3)6-19-14/h4,11H,5-8H2,1-3H3/t11-/m1/s1. The van der Waals surface area contributed by atoms with Crippen LogP contribution in [0.1, 0.15) is 28.3 Å². The minimum Gasteiger partial charge on any atom is -0.466 e. The fourth-order valence-electron chi connectivity index (χ4n) is 2.98. The van der Waals surface area contributed by atoms with Gasteiger partial charge in [0.05, 0.1) is 16.4 Å². The number of rotatable bonds is 2. The second kappa shape index (κ2) is 4.56. The minimum absolute atomic E-state index is 0.0986. The lowest BCUT2D eigenvalue weighted by molar-refractivity contribution is 0.0450. The van der Waals surface area contributed by atoms with Gasteiger partial charge in [0.15, 0.2) is 0 Å². The normalized spacial score (nSPS) is 24.8. The number of carbonyl (C=O) groups is 1. The van der Waals surface area contributed by atoms with Crippen LogP contribution in [0.2, 0.25) is 0 Å². The van der Waals surface area contributed by atoms with E-state index in [9.17, 15) is 4.79 Å². The molecule has 3 heterocycles. The molecule has 19 heavy (non-hydrogen) atoms. The second-order valence-electron chi connectivity index (χ2n) is 5.54. The zero-order valence-electron chi connectivity index (χ0n) is 11.6. The molecule has 5 heteroatoms. The Morgan fingerprint density at radius 2 is 2.26 bits per heavy atom. The van der Waals surface area contributed by atoms with E-state index in [1.165, 1.54) is 0 Å². The molecule has 2 aliphatic heterocycles. The Balaban J connectivity index is 1.65. The lowest BCUT2D eigenvalue weighted by Gasteiger charge is -2.47. The first-order valence-electron chi connectivity index (χ1n) is 6.56. The van der Waals surface area contributed by atoms with Gasteiger partial charge in [-0.2, -0.15) is 0 Å². The molecule has 0 radical (unpaired) electrons. The number of ether oxygens (including phenoxy) is 1. The quantitative estimate of drug-likeness (QED) is 0.834. The molecule has 2 aliphatic rings. The number of furan rings is 1. The van der Waals surface area contributed by atoms with Gasteiger partial charge in [-0.05, 0) is 26.3 Å². The van der Waals surface area contributed by atoms with Crippen LogP contribution in [0.5, 0.6) is 0 Å². The molecule has 1 spiro atoms. The molecular weight excluding hydrogens is 262 g/mol. The predicted molar refractivity (Wildman–Crippen MR) is 74.7 cm³/mol. The molecule has 1 atom stereocenters. The lowest BCUT2D eigenvalue weighted by atomic mass is 9.92.